The fraction of sp³-hybridized carbons (Fsp3) is 0.458. The third kappa shape index (κ3) is 9.49. The molecule has 1 atom stereocenters. The third-order valence-electron chi connectivity index (χ3n) is 4.62. The summed E-state index contributed by atoms with van der Waals surface area (Å²) in [7, 11) is 0. The second-order valence-electron chi connectivity index (χ2n) is 8.13. The van der Waals surface area contributed by atoms with Crippen molar-refractivity contribution in [3.05, 3.63) is 59.1 Å². The van der Waals surface area contributed by atoms with Crippen molar-refractivity contribution in [2.24, 2.45) is 5.92 Å². The molecule has 1 amide bonds. The van der Waals surface area contributed by atoms with Crippen LogP contribution in [0.25, 0.3) is 0 Å². The van der Waals surface area contributed by atoms with Crippen molar-refractivity contribution in [3.8, 4) is 11.5 Å². The van der Waals surface area contributed by atoms with Gasteiger partial charge in [0.2, 0.25) is 0 Å². The molecule has 0 aromatic heterocycles. The highest BCUT2D eigenvalue weighted by Crippen LogP contribution is 2.18. The van der Waals surface area contributed by atoms with E-state index < -0.39 is 11.6 Å². The lowest BCUT2D eigenvalue weighted by atomic mass is 9.94. The normalized spacial score (nSPS) is 12.8. The van der Waals surface area contributed by atoms with Crippen molar-refractivity contribution in [1.82, 2.24) is 5.32 Å². The van der Waals surface area contributed by atoms with Gasteiger partial charge in [0.1, 0.15) is 24.7 Å². The molecule has 2 aromatic rings. The van der Waals surface area contributed by atoms with E-state index in [1.54, 1.807) is 12.1 Å². The van der Waals surface area contributed by atoms with Crippen LogP contribution in [0.3, 0.4) is 0 Å². The topological polar surface area (TPSA) is 77.0 Å². The minimum atomic E-state index is -0.748. The van der Waals surface area contributed by atoms with Gasteiger partial charge in [-0.2, -0.15) is 0 Å². The van der Waals surface area contributed by atoms with Gasteiger partial charge in [0.25, 0.3) is 0 Å². The molecule has 7 heteroatoms. The number of aryl methyl sites for hydroxylation is 1. The summed E-state index contributed by atoms with van der Waals surface area (Å²) in [6, 6.07) is 14.9. The van der Waals surface area contributed by atoms with Crippen molar-refractivity contribution in [2.75, 3.05) is 26.4 Å². The number of hydrogen-bond donors (Lipinski definition) is 2. The van der Waals surface area contributed by atoms with Gasteiger partial charge >= 0.3 is 6.09 Å². The van der Waals surface area contributed by atoms with Gasteiger partial charge in [-0.1, -0.05) is 37.6 Å². The summed E-state index contributed by atoms with van der Waals surface area (Å²) < 4.78 is 16.5. The monoisotopic (exact) mass is 449 g/mol. The molecule has 2 N–H and O–H groups in total. The molecule has 31 heavy (non-hydrogen) atoms. The zero-order chi connectivity index (χ0) is 22.7. The molecule has 0 fully saturated rings. The lowest BCUT2D eigenvalue weighted by Gasteiger charge is -2.28. The Morgan fingerprint density at radius 1 is 1.03 bits per heavy atom. The molecule has 0 bridgehead atoms. The highest BCUT2D eigenvalue weighted by Gasteiger charge is 2.26. The maximum atomic E-state index is 11.9. The Balaban J connectivity index is 1.73. The average molecular weight is 450 g/mol. The summed E-state index contributed by atoms with van der Waals surface area (Å²) in [5, 5.41) is 13.2. The molecule has 0 saturated carbocycles. The first-order valence-electron chi connectivity index (χ1n) is 10.5. The van der Waals surface area contributed by atoms with Crippen LogP contribution in [0.5, 0.6) is 11.5 Å². The Hall–Kier alpha value is -2.44. The van der Waals surface area contributed by atoms with Gasteiger partial charge < -0.3 is 24.6 Å². The number of aliphatic hydroxyl groups is 1. The molecular weight excluding hydrogens is 418 g/mol. The number of carbonyl (C=O) groups is 1. The summed E-state index contributed by atoms with van der Waals surface area (Å²) >= 11 is 5.85. The van der Waals surface area contributed by atoms with Crippen LogP contribution in [0.15, 0.2) is 48.5 Å². The number of amides is 1. The lowest BCUT2D eigenvalue weighted by molar-refractivity contribution is 0.105. The van der Waals surface area contributed by atoms with Crippen LogP contribution in [0.2, 0.25) is 5.02 Å². The van der Waals surface area contributed by atoms with E-state index in [-0.39, 0.29) is 12.5 Å². The predicted octanol–water partition coefficient (Wildman–Crippen LogP) is 4.86. The Morgan fingerprint density at radius 2 is 1.58 bits per heavy atom. The summed E-state index contributed by atoms with van der Waals surface area (Å²) in [4.78, 5) is 11.9. The minimum absolute atomic E-state index is 0.168. The van der Waals surface area contributed by atoms with E-state index in [1.165, 1.54) is 0 Å². The summed E-state index contributed by atoms with van der Waals surface area (Å²) in [5.74, 6) is 1.76. The first-order chi connectivity index (χ1) is 14.8. The first-order valence-corrected chi connectivity index (χ1v) is 10.8. The zero-order valence-corrected chi connectivity index (χ0v) is 19.2. The zero-order valence-electron chi connectivity index (χ0n) is 18.4. The van der Waals surface area contributed by atoms with Crippen LogP contribution in [0.4, 0.5) is 4.79 Å². The second-order valence-corrected chi connectivity index (χ2v) is 8.57. The fourth-order valence-corrected chi connectivity index (χ4v) is 2.85. The van der Waals surface area contributed by atoms with Gasteiger partial charge in [-0.3, -0.25) is 0 Å². The third-order valence-corrected chi connectivity index (χ3v) is 4.88. The van der Waals surface area contributed by atoms with Crippen molar-refractivity contribution in [3.63, 3.8) is 0 Å². The van der Waals surface area contributed by atoms with Crippen LogP contribution in [-0.4, -0.2) is 43.2 Å². The number of alkyl carbamates (subject to hydrolysis) is 1. The number of benzene rings is 2. The van der Waals surface area contributed by atoms with Gasteiger partial charge in [0.15, 0.2) is 0 Å². The van der Waals surface area contributed by atoms with E-state index in [0.29, 0.717) is 37.7 Å². The number of nitrogens with one attached hydrogen (secondary N) is 1. The van der Waals surface area contributed by atoms with Crippen LogP contribution in [0, 0.1) is 5.92 Å². The molecule has 0 spiro atoms. The molecule has 170 valence electrons. The number of carbonyl (C=O) groups excluding carboxylic acids is 1. The van der Waals surface area contributed by atoms with Gasteiger partial charge in [-0.05, 0) is 67.6 Å². The highest BCUT2D eigenvalue weighted by molar-refractivity contribution is 6.30. The largest absolute Gasteiger partial charge is 0.490 e. The van der Waals surface area contributed by atoms with Crippen LogP contribution < -0.4 is 14.8 Å². The van der Waals surface area contributed by atoms with E-state index in [0.717, 1.165) is 17.1 Å². The summed E-state index contributed by atoms with van der Waals surface area (Å²) in [6.45, 7) is 6.78. The first kappa shape index (κ1) is 24.8. The second kappa shape index (κ2) is 12.4. The van der Waals surface area contributed by atoms with E-state index in [2.05, 4.69) is 5.32 Å². The molecule has 2 rings (SSSR count). The van der Waals surface area contributed by atoms with Gasteiger partial charge in [-0.25, -0.2) is 4.79 Å². The SMILES string of the molecule is CC(C)COC(=O)N[C@@](C)(CO)CCc1ccc(OCCOc2ccc(Cl)cc2)cc1. The van der Waals surface area contributed by atoms with Crippen molar-refractivity contribution >= 4 is 17.7 Å². The molecule has 0 saturated heterocycles. The number of halogens is 1. The standard InChI is InChI=1S/C24H32ClNO5/c1-18(2)16-31-23(28)26-24(3,17-27)13-12-19-4-8-21(9-5-19)29-14-15-30-22-10-6-20(25)7-11-22/h4-11,18,27H,12-17H2,1-3H3,(H,26,28)/t24-/m1/s1. The molecule has 0 aliphatic rings. The van der Waals surface area contributed by atoms with E-state index in [9.17, 15) is 9.90 Å². The number of ether oxygens (including phenoxy) is 3. The highest BCUT2D eigenvalue weighted by atomic mass is 35.5. The summed E-state index contributed by atoms with van der Waals surface area (Å²) in [6.07, 6.45) is 0.770. The molecule has 2 aromatic carbocycles. The molecule has 0 radical (unpaired) electrons. The van der Waals surface area contributed by atoms with Crippen LogP contribution in [0.1, 0.15) is 32.8 Å². The van der Waals surface area contributed by atoms with Gasteiger partial charge in [0.05, 0.1) is 18.8 Å². The maximum Gasteiger partial charge on any atom is 0.407 e. The van der Waals surface area contributed by atoms with E-state index >= 15 is 0 Å². The van der Waals surface area contributed by atoms with Crippen LogP contribution >= 0.6 is 11.6 Å². The number of rotatable bonds is 12. The number of hydrogen-bond acceptors (Lipinski definition) is 5. The Morgan fingerprint density at radius 3 is 2.10 bits per heavy atom. The van der Waals surface area contributed by atoms with Crippen molar-refractivity contribution in [1.29, 1.82) is 0 Å². The molecule has 6 nitrogen and oxygen atoms in total. The molecule has 0 aliphatic carbocycles. The lowest BCUT2D eigenvalue weighted by Crippen LogP contribution is -2.49. The number of aliphatic hydroxyl groups excluding tert-OH is 1. The molecule has 0 unspecified atom stereocenters. The predicted molar refractivity (Wildman–Crippen MR) is 122 cm³/mol. The van der Waals surface area contributed by atoms with Gasteiger partial charge in [0, 0.05) is 5.02 Å². The smallest absolute Gasteiger partial charge is 0.407 e. The average Bonchev–Trinajstić information content (AvgIpc) is 2.76. The molecular formula is C24H32ClNO5. The maximum absolute atomic E-state index is 11.9. The quantitative estimate of drug-likeness (QED) is 0.452. The van der Waals surface area contributed by atoms with Crippen molar-refractivity contribution < 1.29 is 24.1 Å². The van der Waals surface area contributed by atoms with Crippen LogP contribution in [-0.2, 0) is 11.2 Å². The molecule has 0 heterocycles. The Kier molecular flexibility index (Phi) is 9.95. The van der Waals surface area contributed by atoms with Gasteiger partial charge in [-0.15, -0.1) is 0 Å². The summed E-state index contributed by atoms with van der Waals surface area (Å²) in [5.41, 5.74) is 0.337. The molecule has 0 aliphatic heterocycles. The fourth-order valence-electron chi connectivity index (χ4n) is 2.73. The van der Waals surface area contributed by atoms with E-state index in [1.807, 2.05) is 57.2 Å². The van der Waals surface area contributed by atoms with E-state index in [4.69, 9.17) is 25.8 Å². The van der Waals surface area contributed by atoms with Crippen molar-refractivity contribution in [2.45, 2.75) is 39.2 Å². The minimum Gasteiger partial charge on any atom is -0.490 e. The Labute approximate surface area is 189 Å². The Bertz CT molecular complexity index is 795.